The van der Waals surface area contributed by atoms with Gasteiger partial charge in [0.25, 0.3) is 5.91 Å². The number of anilines is 1. The van der Waals surface area contributed by atoms with E-state index in [2.05, 4.69) is 50.7 Å². The van der Waals surface area contributed by atoms with Gasteiger partial charge in [0.05, 0.1) is 16.9 Å². The minimum absolute atomic E-state index is 0.0622. The number of carbonyl (C=O) groups excluding carboxylic acids is 2. The second kappa shape index (κ2) is 9.54. The summed E-state index contributed by atoms with van der Waals surface area (Å²) < 4.78 is 2.18. The fourth-order valence-electron chi connectivity index (χ4n) is 6.62. The molecule has 4 aromatic rings. The van der Waals surface area contributed by atoms with Gasteiger partial charge >= 0.3 is 0 Å². The van der Waals surface area contributed by atoms with Gasteiger partial charge in [0.1, 0.15) is 12.7 Å². The average molecular weight is 521 g/mol. The lowest BCUT2D eigenvalue weighted by Gasteiger charge is -2.46. The van der Waals surface area contributed by atoms with Crippen LogP contribution in [0.3, 0.4) is 0 Å². The molecule has 7 rings (SSSR count). The maximum absolute atomic E-state index is 13.7. The Bertz CT molecular complexity index is 1560. The van der Waals surface area contributed by atoms with Gasteiger partial charge in [-0.3, -0.25) is 19.5 Å². The predicted octanol–water partition coefficient (Wildman–Crippen LogP) is 3.53. The summed E-state index contributed by atoms with van der Waals surface area (Å²) in [6.45, 7) is 4.89. The molecule has 8 nitrogen and oxygen atoms in total. The van der Waals surface area contributed by atoms with Crippen molar-refractivity contribution >= 4 is 28.4 Å². The lowest BCUT2D eigenvalue weighted by molar-refractivity contribution is -0.133. The summed E-state index contributed by atoms with van der Waals surface area (Å²) in [5, 5.41) is 1.18. The molecule has 0 radical (unpaired) electrons. The van der Waals surface area contributed by atoms with Crippen molar-refractivity contribution in [1.82, 2.24) is 24.3 Å². The highest BCUT2D eigenvalue weighted by molar-refractivity contribution is 6.02. The molecule has 1 atom stereocenters. The Morgan fingerprint density at radius 3 is 2.56 bits per heavy atom. The highest BCUT2D eigenvalue weighted by Gasteiger charge is 2.43. The highest BCUT2D eigenvalue weighted by Crippen LogP contribution is 2.44. The summed E-state index contributed by atoms with van der Waals surface area (Å²) in [5.74, 6) is 0.189. The minimum atomic E-state index is -0.243. The van der Waals surface area contributed by atoms with E-state index in [4.69, 9.17) is 0 Å². The van der Waals surface area contributed by atoms with Crippen LogP contribution in [0.4, 0.5) is 5.69 Å². The van der Waals surface area contributed by atoms with E-state index in [-0.39, 0.29) is 24.5 Å². The van der Waals surface area contributed by atoms with E-state index in [9.17, 15) is 9.59 Å². The van der Waals surface area contributed by atoms with E-state index < -0.39 is 0 Å². The number of carbonyl (C=O) groups is 2. The fraction of sp³-hybridized carbons (Fsp3) is 0.323. The third-order valence-electron chi connectivity index (χ3n) is 8.55. The van der Waals surface area contributed by atoms with Gasteiger partial charge in [0.15, 0.2) is 0 Å². The molecule has 1 fully saturated rings. The summed E-state index contributed by atoms with van der Waals surface area (Å²) in [7, 11) is 2.06. The number of piperazine rings is 1. The van der Waals surface area contributed by atoms with Crippen LogP contribution in [0.25, 0.3) is 10.9 Å². The van der Waals surface area contributed by atoms with E-state index in [0.29, 0.717) is 19.6 Å². The molecule has 5 heterocycles. The number of benzene rings is 2. The zero-order valence-corrected chi connectivity index (χ0v) is 22.2. The molecule has 0 aliphatic carbocycles. The van der Waals surface area contributed by atoms with Crippen LogP contribution in [-0.4, -0.2) is 75.8 Å². The van der Waals surface area contributed by atoms with Crippen molar-refractivity contribution in [3.63, 3.8) is 0 Å². The first-order valence-corrected chi connectivity index (χ1v) is 13.7. The Morgan fingerprint density at radius 2 is 1.74 bits per heavy atom. The van der Waals surface area contributed by atoms with Gasteiger partial charge in [-0.2, -0.15) is 0 Å². The first-order valence-electron chi connectivity index (χ1n) is 13.7. The number of hydrogen-bond donors (Lipinski definition) is 0. The van der Waals surface area contributed by atoms with Gasteiger partial charge in [-0.1, -0.05) is 36.4 Å². The van der Waals surface area contributed by atoms with Crippen LogP contribution in [0.15, 0.2) is 73.1 Å². The number of amides is 2. The number of fused-ring (bicyclic) bond motifs is 6. The topological polar surface area (TPSA) is 64.9 Å². The van der Waals surface area contributed by atoms with Crippen LogP contribution in [0.2, 0.25) is 0 Å². The molecule has 0 unspecified atom stereocenters. The minimum Gasteiger partial charge on any atom is -0.349 e. The molecule has 1 saturated heterocycles. The van der Waals surface area contributed by atoms with Gasteiger partial charge in [0, 0.05) is 69.6 Å². The summed E-state index contributed by atoms with van der Waals surface area (Å²) in [4.78, 5) is 40.1. The molecule has 0 bridgehead atoms. The van der Waals surface area contributed by atoms with Crippen LogP contribution in [0.1, 0.15) is 33.3 Å². The van der Waals surface area contributed by atoms with E-state index in [1.54, 1.807) is 6.20 Å². The first-order chi connectivity index (χ1) is 19.1. The Balaban J connectivity index is 1.18. The van der Waals surface area contributed by atoms with Gasteiger partial charge in [0.2, 0.25) is 5.91 Å². The lowest BCUT2D eigenvalue weighted by Crippen LogP contribution is -2.52. The van der Waals surface area contributed by atoms with E-state index in [1.807, 2.05) is 52.4 Å². The molecule has 3 aliphatic heterocycles. The summed E-state index contributed by atoms with van der Waals surface area (Å²) >= 11 is 0. The number of aromatic nitrogens is 2. The van der Waals surface area contributed by atoms with E-state index >= 15 is 0 Å². The monoisotopic (exact) mass is 520 g/mol. The van der Waals surface area contributed by atoms with Crippen molar-refractivity contribution in [3.8, 4) is 0 Å². The summed E-state index contributed by atoms with van der Waals surface area (Å²) in [5.41, 5.74) is 6.25. The lowest BCUT2D eigenvalue weighted by atomic mass is 9.96. The molecule has 39 heavy (non-hydrogen) atoms. The molecule has 8 heteroatoms. The van der Waals surface area contributed by atoms with Crippen molar-refractivity contribution in [2.75, 3.05) is 44.7 Å². The number of nitrogens with zero attached hydrogens (tertiary/aromatic N) is 6. The smallest absolute Gasteiger partial charge is 0.257 e. The normalized spacial score (nSPS) is 19.2. The third-order valence-corrected chi connectivity index (χ3v) is 8.55. The predicted molar refractivity (Wildman–Crippen MR) is 150 cm³/mol. The molecule has 0 spiro atoms. The van der Waals surface area contributed by atoms with Crippen LogP contribution in [-0.2, 0) is 24.3 Å². The first kappa shape index (κ1) is 23.9. The van der Waals surface area contributed by atoms with Crippen molar-refractivity contribution in [2.45, 2.75) is 25.7 Å². The van der Waals surface area contributed by atoms with Gasteiger partial charge in [-0.15, -0.1) is 0 Å². The number of rotatable bonds is 4. The maximum Gasteiger partial charge on any atom is 0.257 e. The molecular weight excluding hydrogens is 488 g/mol. The fourth-order valence-corrected chi connectivity index (χ4v) is 6.62. The molecular formula is C31H32N6O2. The average Bonchev–Trinajstić information content (AvgIpc) is 3.30. The van der Waals surface area contributed by atoms with Crippen LogP contribution in [0, 0.1) is 0 Å². The van der Waals surface area contributed by atoms with Crippen molar-refractivity contribution in [2.24, 2.45) is 0 Å². The SMILES string of the molecule is CN1c2ccccc2C(=O)N2CCc3c(n(CC(=O)N4CCN(Cc5cccnc5)CC4)c4ccccc34)[C@H]21. The number of para-hydroxylation sites is 2. The van der Waals surface area contributed by atoms with Crippen LogP contribution >= 0.6 is 0 Å². The zero-order chi connectivity index (χ0) is 26.5. The molecule has 2 aromatic carbocycles. The van der Waals surface area contributed by atoms with Gasteiger partial charge in [-0.25, -0.2) is 0 Å². The van der Waals surface area contributed by atoms with Gasteiger partial charge in [-0.05, 0) is 41.8 Å². The molecule has 198 valence electrons. The Kier molecular flexibility index (Phi) is 5.85. The molecule has 3 aliphatic rings. The van der Waals surface area contributed by atoms with Gasteiger partial charge < -0.3 is 19.3 Å². The highest BCUT2D eigenvalue weighted by atomic mass is 16.2. The van der Waals surface area contributed by atoms with Crippen LogP contribution < -0.4 is 4.90 Å². The summed E-state index contributed by atoms with van der Waals surface area (Å²) in [6, 6.07) is 20.3. The van der Waals surface area contributed by atoms with Crippen molar-refractivity contribution in [3.05, 3.63) is 95.4 Å². The second-order valence-corrected chi connectivity index (χ2v) is 10.7. The Labute approximate surface area is 228 Å². The van der Waals surface area contributed by atoms with Crippen molar-refractivity contribution in [1.29, 1.82) is 0 Å². The Hall–Kier alpha value is -4.17. The molecule has 0 N–H and O–H groups in total. The van der Waals surface area contributed by atoms with Crippen LogP contribution in [0.5, 0.6) is 0 Å². The standard InChI is InChI=1S/C31H32N6O2/c1-33-26-10-4-3-9-25(26)31(39)36-14-12-24-23-8-2-5-11-27(23)37(29(24)30(33)36)21-28(38)35-17-15-34(16-18-35)20-22-7-6-13-32-19-22/h2-11,13,19,30H,12,14-18,20-21H2,1H3/t30-/m0/s1. The zero-order valence-electron chi connectivity index (χ0n) is 22.2. The largest absolute Gasteiger partial charge is 0.349 e. The Morgan fingerprint density at radius 1 is 0.949 bits per heavy atom. The number of hydrogen-bond acceptors (Lipinski definition) is 5. The summed E-state index contributed by atoms with van der Waals surface area (Å²) in [6.07, 6.45) is 4.24. The van der Waals surface area contributed by atoms with E-state index in [0.717, 1.165) is 48.5 Å². The molecule has 2 amide bonds. The van der Waals surface area contributed by atoms with E-state index in [1.165, 1.54) is 16.5 Å². The molecule has 0 saturated carbocycles. The third kappa shape index (κ3) is 3.98. The second-order valence-electron chi connectivity index (χ2n) is 10.7. The number of pyridine rings is 1. The quantitative estimate of drug-likeness (QED) is 0.412. The maximum atomic E-state index is 13.7. The van der Waals surface area contributed by atoms with Crippen molar-refractivity contribution < 1.29 is 9.59 Å². The molecule has 2 aromatic heterocycles.